The van der Waals surface area contributed by atoms with E-state index in [0.717, 1.165) is 28.2 Å². The van der Waals surface area contributed by atoms with Gasteiger partial charge < -0.3 is 14.9 Å². The van der Waals surface area contributed by atoms with Crippen LogP contribution in [-0.2, 0) is 0 Å². The van der Waals surface area contributed by atoms with Crippen LogP contribution >= 0.6 is 0 Å². The zero-order chi connectivity index (χ0) is 25.9. The first-order valence-electron chi connectivity index (χ1n) is 12.7. The summed E-state index contributed by atoms with van der Waals surface area (Å²) >= 11 is 0. The molecule has 38 heavy (non-hydrogen) atoms. The molecule has 182 valence electrons. The van der Waals surface area contributed by atoms with Crippen LogP contribution in [0.2, 0.25) is 0 Å². The summed E-state index contributed by atoms with van der Waals surface area (Å²) in [6, 6.07) is 49.6. The van der Waals surface area contributed by atoms with Crippen LogP contribution in [0.3, 0.4) is 0 Å². The van der Waals surface area contributed by atoms with Crippen LogP contribution in [0.4, 0.5) is 17.1 Å². The van der Waals surface area contributed by atoms with E-state index < -0.39 is 7.12 Å². The summed E-state index contributed by atoms with van der Waals surface area (Å²) in [5, 5.41) is 21.7. The van der Waals surface area contributed by atoms with Crippen molar-refractivity contribution in [3.05, 3.63) is 146 Å². The lowest BCUT2D eigenvalue weighted by Gasteiger charge is -2.26. The molecule has 3 nitrogen and oxygen atoms in total. The van der Waals surface area contributed by atoms with Crippen LogP contribution in [0, 0.1) is 0 Å². The third-order valence-electron chi connectivity index (χ3n) is 6.85. The molecule has 4 heteroatoms. The van der Waals surface area contributed by atoms with E-state index in [-0.39, 0.29) is 0 Å². The molecule has 0 saturated heterocycles. The molecular formula is C34H26BNO2. The van der Waals surface area contributed by atoms with Crippen LogP contribution in [0.1, 0.15) is 0 Å². The maximum absolute atomic E-state index is 9.67. The number of rotatable bonds is 6. The van der Waals surface area contributed by atoms with Gasteiger partial charge in [-0.3, -0.25) is 0 Å². The predicted molar refractivity (Wildman–Crippen MR) is 159 cm³/mol. The molecule has 6 aromatic rings. The second-order valence-corrected chi connectivity index (χ2v) is 9.33. The van der Waals surface area contributed by atoms with Gasteiger partial charge in [0.15, 0.2) is 0 Å². The molecule has 2 N–H and O–H groups in total. The van der Waals surface area contributed by atoms with Crippen molar-refractivity contribution in [1.29, 1.82) is 0 Å². The number of fused-ring (bicyclic) bond motifs is 1. The van der Waals surface area contributed by atoms with E-state index in [9.17, 15) is 10.0 Å². The average molecular weight is 491 g/mol. The molecule has 0 atom stereocenters. The maximum Gasteiger partial charge on any atom is 0.488 e. The van der Waals surface area contributed by atoms with Gasteiger partial charge in [-0.1, -0.05) is 109 Å². The van der Waals surface area contributed by atoms with E-state index in [1.54, 1.807) is 6.07 Å². The van der Waals surface area contributed by atoms with Crippen molar-refractivity contribution in [2.24, 2.45) is 0 Å². The lowest BCUT2D eigenvalue weighted by atomic mass is 9.79. The molecule has 6 rings (SSSR count). The Labute approximate surface area is 223 Å². The van der Waals surface area contributed by atoms with E-state index in [2.05, 4.69) is 108 Å². The van der Waals surface area contributed by atoms with E-state index in [1.165, 1.54) is 21.9 Å². The molecule has 0 fully saturated rings. The fraction of sp³-hybridized carbons (Fsp3) is 0. The zero-order valence-electron chi connectivity index (χ0n) is 20.8. The minimum absolute atomic E-state index is 0.468. The number of hydrogen-bond donors (Lipinski definition) is 2. The summed E-state index contributed by atoms with van der Waals surface area (Å²) in [4.78, 5) is 2.26. The molecule has 0 saturated carbocycles. The van der Waals surface area contributed by atoms with Gasteiger partial charge in [-0.15, -0.1) is 0 Å². The Morgan fingerprint density at radius 2 is 0.974 bits per heavy atom. The molecule has 0 amide bonds. The molecule has 0 radical (unpaired) electrons. The largest absolute Gasteiger partial charge is 0.488 e. The highest BCUT2D eigenvalue weighted by atomic mass is 16.4. The molecule has 0 aromatic heterocycles. The van der Waals surface area contributed by atoms with Crippen LogP contribution in [0.25, 0.3) is 33.0 Å². The smallest absolute Gasteiger partial charge is 0.423 e. The standard InChI is InChI=1S/C34H26BNO2/c37-35(38)31-14-6-12-28(22-31)30-13-7-15-33(24-30)36(34-21-18-26-10-4-5-11-29(26)23-34)32-19-16-27(17-20-32)25-8-2-1-3-9-25/h1-24,37-38H. The first kappa shape index (κ1) is 23.7. The monoisotopic (exact) mass is 491 g/mol. The Kier molecular flexibility index (Phi) is 6.49. The molecule has 0 aliphatic carbocycles. The molecule has 0 aliphatic heterocycles. The first-order valence-corrected chi connectivity index (χ1v) is 12.7. The van der Waals surface area contributed by atoms with Gasteiger partial charge in [0.1, 0.15) is 0 Å². The predicted octanol–water partition coefficient (Wildman–Crippen LogP) is 7.32. The lowest BCUT2D eigenvalue weighted by Crippen LogP contribution is -2.29. The van der Waals surface area contributed by atoms with Gasteiger partial charge in [0.25, 0.3) is 0 Å². The van der Waals surface area contributed by atoms with Crippen molar-refractivity contribution in [2.75, 3.05) is 4.90 Å². The molecular weight excluding hydrogens is 465 g/mol. The Balaban J connectivity index is 1.47. The van der Waals surface area contributed by atoms with Gasteiger partial charge in [0.05, 0.1) is 0 Å². The molecule has 0 spiro atoms. The number of hydrogen-bond acceptors (Lipinski definition) is 3. The van der Waals surface area contributed by atoms with Crippen molar-refractivity contribution in [1.82, 2.24) is 0 Å². The lowest BCUT2D eigenvalue weighted by molar-refractivity contribution is 0.426. The van der Waals surface area contributed by atoms with E-state index in [0.29, 0.717) is 5.46 Å². The Morgan fingerprint density at radius 3 is 1.74 bits per heavy atom. The Hall–Kier alpha value is -4.64. The van der Waals surface area contributed by atoms with Crippen molar-refractivity contribution in [3.8, 4) is 22.3 Å². The van der Waals surface area contributed by atoms with E-state index in [4.69, 9.17) is 0 Å². The quantitative estimate of drug-likeness (QED) is 0.240. The summed E-state index contributed by atoms with van der Waals surface area (Å²) in [7, 11) is -1.50. The third kappa shape index (κ3) is 4.83. The minimum Gasteiger partial charge on any atom is -0.423 e. The second kappa shape index (κ2) is 10.4. The van der Waals surface area contributed by atoms with Crippen LogP contribution < -0.4 is 10.4 Å². The van der Waals surface area contributed by atoms with Gasteiger partial charge in [0.2, 0.25) is 0 Å². The fourth-order valence-electron chi connectivity index (χ4n) is 4.90. The molecule has 0 aliphatic rings. The molecule has 0 heterocycles. The minimum atomic E-state index is -1.50. The fourth-order valence-corrected chi connectivity index (χ4v) is 4.90. The summed E-state index contributed by atoms with van der Waals surface area (Å²) < 4.78 is 0. The van der Waals surface area contributed by atoms with Crippen molar-refractivity contribution in [2.45, 2.75) is 0 Å². The van der Waals surface area contributed by atoms with Gasteiger partial charge in [-0.25, -0.2) is 0 Å². The van der Waals surface area contributed by atoms with Crippen molar-refractivity contribution < 1.29 is 10.0 Å². The van der Waals surface area contributed by atoms with Crippen molar-refractivity contribution in [3.63, 3.8) is 0 Å². The highest BCUT2D eigenvalue weighted by molar-refractivity contribution is 6.58. The van der Waals surface area contributed by atoms with Gasteiger partial charge >= 0.3 is 7.12 Å². The summed E-state index contributed by atoms with van der Waals surface area (Å²) in [6.45, 7) is 0. The highest BCUT2D eigenvalue weighted by Gasteiger charge is 2.16. The van der Waals surface area contributed by atoms with Crippen LogP contribution in [0.5, 0.6) is 0 Å². The third-order valence-corrected chi connectivity index (χ3v) is 6.85. The SMILES string of the molecule is OB(O)c1cccc(-c2cccc(N(c3ccc(-c4ccccc4)cc3)c3ccc4ccccc4c3)c2)c1. The molecule has 0 bridgehead atoms. The average Bonchev–Trinajstić information content (AvgIpc) is 2.98. The van der Waals surface area contributed by atoms with Gasteiger partial charge in [-0.05, 0) is 74.9 Å². The van der Waals surface area contributed by atoms with Crippen molar-refractivity contribution >= 4 is 40.4 Å². The Morgan fingerprint density at radius 1 is 0.395 bits per heavy atom. The van der Waals surface area contributed by atoms with E-state index in [1.807, 2.05) is 36.4 Å². The summed E-state index contributed by atoms with van der Waals surface area (Å²) in [6.07, 6.45) is 0. The number of anilines is 3. The Bertz CT molecular complexity index is 1700. The first-order chi connectivity index (χ1) is 18.7. The van der Waals surface area contributed by atoms with E-state index >= 15 is 0 Å². The van der Waals surface area contributed by atoms with Gasteiger partial charge in [0, 0.05) is 17.1 Å². The molecule has 6 aromatic carbocycles. The van der Waals surface area contributed by atoms with Gasteiger partial charge in [-0.2, -0.15) is 0 Å². The molecule has 0 unspecified atom stereocenters. The zero-order valence-corrected chi connectivity index (χ0v) is 20.8. The van der Waals surface area contributed by atoms with Crippen LogP contribution in [-0.4, -0.2) is 17.2 Å². The number of nitrogens with zero attached hydrogens (tertiary/aromatic N) is 1. The number of benzene rings is 6. The highest BCUT2D eigenvalue weighted by Crippen LogP contribution is 2.38. The topological polar surface area (TPSA) is 43.7 Å². The maximum atomic E-state index is 9.67. The summed E-state index contributed by atoms with van der Waals surface area (Å²) in [5.74, 6) is 0. The van der Waals surface area contributed by atoms with Crippen LogP contribution in [0.15, 0.2) is 146 Å². The normalized spacial score (nSPS) is 10.9. The second-order valence-electron chi connectivity index (χ2n) is 9.33. The summed E-state index contributed by atoms with van der Waals surface area (Å²) in [5.41, 5.74) is 7.87.